The molecule has 1 unspecified atom stereocenters. The van der Waals surface area contributed by atoms with Gasteiger partial charge in [0.1, 0.15) is 18.2 Å². The lowest BCUT2D eigenvalue weighted by molar-refractivity contribution is -0.147. The topological polar surface area (TPSA) is 54.7 Å². The zero-order chi connectivity index (χ0) is 19.2. The van der Waals surface area contributed by atoms with Crippen LogP contribution in [0.4, 0.5) is 8.78 Å². The van der Waals surface area contributed by atoms with Crippen molar-refractivity contribution in [3.63, 3.8) is 0 Å². The Morgan fingerprint density at radius 1 is 1.07 bits per heavy atom. The van der Waals surface area contributed by atoms with Crippen molar-refractivity contribution in [2.75, 3.05) is 26.3 Å². The van der Waals surface area contributed by atoms with Gasteiger partial charge in [0, 0.05) is 28.4 Å². The number of fused-ring (bicyclic) bond motifs is 3. The molecular formula is C20H20F2N2O3. The molecule has 5 nitrogen and oxygen atoms in total. The molecule has 1 amide bonds. The maximum Gasteiger partial charge on any atom is 0.248 e. The summed E-state index contributed by atoms with van der Waals surface area (Å²) in [5.74, 6) is -0.971. The molecule has 0 aliphatic carbocycles. The zero-order valence-corrected chi connectivity index (χ0v) is 14.9. The maximum absolute atomic E-state index is 13.8. The molecule has 3 aromatic rings. The predicted molar refractivity (Wildman–Crippen MR) is 97.4 cm³/mol. The number of hydrogen-bond acceptors (Lipinski definition) is 3. The summed E-state index contributed by atoms with van der Waals surface area (Å²) in [4.78, 5) is 13.6. The third-order valence-corrected chi connectivity index (χ3v) is 4.90. The van der Waals surface area contributed by atoms with E-state index in [0.29, 0.717) is 35.0 Å². The summed E-state index contributed by atoms with van der Waals surface area (Å²) < 4.78 is 34.5. The summed E-state index contributed by atoms with van der Waals surface area (Å²) in [5, 5.41) is 12.2. The molecule has 1 N–H and O–H groups in total. The minimum atomic E-state index is -1.23. The van der Waals surface area contributed by atoms with Crippen molar-refractivity contribution in [1.29, 1.82) is 0 Å². The van der Waals surface area contributed by atoms with Gasteiger partial charge in [-0.1, -0.05) is 0 Å². The fourth-order valence-corrected chi connectivity index (χ4v) is 3.74. The number of β-amino-alcohol motifs (C(OH)–C–C–N with tert-alkyl or cyclic N) is 1. The number of benzene rings is 2. The lowest BCUT2D eigenvalue weighted by atomic mass is 10.1. The molecule has 1 fully saturated rings. The highest BCUT2D eigenvalue weighted by Crippen LogP contribution is 2.31. The van der Waals surface area contributed by atoms with Gasteiger partial charge in [-0.25, -0.2) is 8.78 Å². The monoisotopic (exact) mass is 374 g/mol. The van der Waals surface area contributed by atoms with Crippen molar-refractivity contribution >= 4 is 27.7 Å². The molecule has 0 spiro atoms. The van der Waals surface area contributed by atoms with E-state index in [1.54, 1.807) is 24.0 Å². The van der Waals surface area contributed by atoms with Crippen LogP contribution in [0.1, 0.15) is 6.92 Å². The number of hydrogen-bond donors (Lipinski definition) is 1. The van der Waals surface area contributed by atoms with Crippen LogP contribution in [0.5, 0.6) is 0 Å². The minimum absolute atomic E-state index is 0.0179. The number of amides is 1. The van der Waals surface area contributed by atoms with Gasteiger partial charge in [-0.2, -0.15) is 0 Å². The van der Waals surface area contributed by atoms with Gasteiger partial charge in [0.05, 0.1) is 25.3 Å². The number of nitrogens with zero attached hydrogens (tertiary/aromatic N) is 2. The van der Waals surface area contributed by atoms with Crippen LogP contribution in [0.15, 0.2) is 36.4 Å². The SMILES string of the molecule is CC(O)(CN1CCOCC1=O)Cn1c2ccc(F)cc2c2cc(F)ccc21. The quantitative estimate of drug-likeness (QED) is 0.764. The van der Waals surface area contributed by atoms with Crippen LogP contribution in [0.2, 0.25) is 0 Å². The molecule has 142 valence electrons. The lowest BCUT2D eigenvalue weighted by Crippen LogP contribution is -2.50. The van der Waals surface area contributed by atoms with Gasteiger partial charge in [-0.05, 0) is 43.3 Å². The second-order valence-corrected chi connectivity index (χ2v) is 7.27. The standard InChI is InChI=1S/C20H20F2N2O3/c1-20(26,11-23-6-7-27-10-19(23)25)12-24-17-4-2-13(21)8-15(17)16-9-14(22)3-5-18(16)24/h2-5,8-9,26H,6-7,10-12H2,1H3. The number of rotatable bonds is 4. The Bertz CT molecular complexity index is 970. The van der Waals surface area contributed by atoms with Gasteiger partial charge in [-0.15, -0.1) is 0 Å². The van der Waals surface area contributed by atoms with Crippen LogP contribution in [0.25, 0.3) is 21.8 Å². The number of carbonyl (C=O) groups is 1. The van der Waals surface area contributed by atoms with E-state index in [0.717, 1.165) is 0 Å². The molecule has 1 aliphatic heterocycles. The molecule has 2 heterocycles. The fourth-order valence-electron chi connectivity index (χ4n) is 3.74. The first kappa shape index (κ1) is 17.9. The van der Waals surface area contributed by atoms with Crippen molar-refractivity contribution in [3.8, 4) is 0 Å². The van der Waals surface area contributed by atoms with Crippen LogP contribution in [0, 0.1) is 11.6 Å². The normalized spacial score (nSPS) is 17.6. The number of morpholine rings is 1. The van der Waals surface area contributed by atoms with E-state index in [4.69, 9.17) is 4.74 Å². The summed E-state index contributed by atoms with van der Waals surface area (Å²) in [6.07, 6.45) is 0. The molecular weight excluding hydrogens is 354 g/mol. The van der Waals surface area contributed by atoms with E-state index < -0.39 is 17.2 Å². The zero-order valence-electron chi connectivity index (χ0n) is 14.9. The summed E-state index contributed by atoms with van der Waals surface area (Å²) in [6.45, 7) is 2.87. The third-order valence-electron chi connectivity index (χ3n) is 4.90. The van der Waals surface area contributed by atoms with Crippen molar-refractivity contribution in [3.05, 3.63) is 48.0 Å². The molecule has 1 saturated heterocycles. The first-order chi connectivity index (χ1) is 12.8. The Morgan fingerprint density at radius 2 is 1.67 bits per heavy atom. The highest BCUT2D eigenvalue weighted by molar-refractivity contribution is 6.08. The number of ether oxygens (including phenoxy) is 1. The van der Waals surface area contributed by atoms with Crippen LogP contribution >= 0.6 is 0 Å². The molecule has 27 heavy (non-hydrogen) atoms. The first-order valence-electron chi connectivity index (χ1n) is 8.79. The van der Waals surface area contributed by atoms with Gasteiger partial charge in [0.15, 0.2) is 0 Å². The van der Waals surface area contributed by atoms with Gasteiger partial charge in [0.25, 0.3) is 0 Å². The Kier molecular flexibility index (Phi) is 4.36. The van der Waals surface area contributed by atoms with Gasteiger partial charge < -0.3 is 19.3 Å². The van der Waals surface area contributed by atoms with E-state index in [1.807, 2.05) is 4.57 Å². The first-order valence-corrected chi connectivity index (χ1v) is 8.79. The van der Waals surface area contributed by atoms with E-state index in [-0.39, 0.29) is 25.6 Å². The summed E-state index contributed by atoms with van der Waals surface area (Å²) >= 11 is 0. The van der Waals surface area contributed by atoms with Crippen LogP contribution in [-0.2, 0) is 16.1 Å². The second kappa shape index (κ2) is 6.58. The number of aromatic nitrogens is 1. The predicted octanol–water partition coefficient (Wildman–Crippen LogP) is 2.68. The smallest absolute Gasteiger partial charge is 0.248 e. The number of carbonyl (C=O) groups excluding carboxylic acids is 1. The molecule has 4 rings (SSSR count). The molecule has 7 heteroatoms. The molecule has 1 aromatic heterocycles. The average Bonchev–Trinajstić information content (AvgIpc) is 2.89. The molecule has 0 radical (unpaired) electrons. The van der Waals surface area contributed by atoms with Gasteiger partial charge >= 0.3 is 0 Å². The summed E-state index contributed by atoms with van der Waals surface area (Å²) in [6, 6.07) is 8.67. The van der Waals surface area contributed by atoms with E-state index in [1.165, 1.54) is 24.3 Å². The van der Waals surface area contributed by atoms with Crippen molar-refractivity contribution in [1.82, 2.24) is 9.47 Å². The Hall–Kier alpha value is -2.51. The van der Waals surface area contributed by atoms with Gasteiger partial charge in [-0.3, -0.25) is 4.79 Å². The van der Waals surface area contributed by atoms with Crippen molar-refractivity contribution in [2.24, 2.45) is 0 Å². The Balaban J connectivity index is 1.74. The molecule has 1 aliphatic rings. The largest absolute Gasteiger partial charge is 0.386 e. The van der Waals surface area contributed by atoms with Crippen LogP contribution < -0.4 is 0 Å². The summed E-state index contributed by atoms with van der Waals surface area (Å²) in [7, 11) is 0. The molecule has 2 aromatic carbocycles. The van der Waals surface area contributed by atoms with Crippen molar-refractivity contribution in [2.45, 2.75) is 19.1 Å². The van der Waals surface area contributed by atoms with Crippen LogP contribution in [-0.4, -0.2) is 52.4 Å². The van der Waals surface area contributed by atoms with Gasteiger partial charge in [0.2, 0.25) is 5.91 Å². The van der Waals surface area contributed by atoms with E-state index in [9.17, 15) is 18.7 Å². The summed E-state index contributed by atoms with van der Waals surface area (Å²) in [5.41, 5.74) is 0.172. The highest BCUT2D eigenvalue weighted by Gasteiger charge is 2.30. The maximum atomic E-state index is 13.8. The highest BCUT2D eigenvalue weighted by atomic mass is 19.1. The fraction of sp³-hybridized carbons (Fsp3) is 0.350. The number of aliphatic hydroxyl groups is 1. The van der Waals surface area contributed by atoms with Crippen LogP contribution in [0.3, 0.4) is 0 Å². The average molecular weight is 374 g/mol. The Labute approximate surface area is 154 Å². The van der Waals surface area contributed by atoms with E-state index in [2.05, 4.69) is 0 Å². The molecule has 0 bridgehead atoms. The second-order valence-electron chi connectivity index (χ2n) is 7.27. The van der Waals surface area contributed by atoms with E-state index >= 15 is 0 Å². The molecule has 1 atom stereocenters. The number of halogens is 2. The van der Waals surface area contributed by atoms with Crippen molar-refractivity contribution < 1.29 is 23.4 Å². The molecule has 0 saturated carbocycles. The lowest BCUT2D eigenvalue weighted by Gasteiger charge is -2.34. The third kappa shape index (κ3) is 3.40. The Morgan fingerprint density at radius 3 is 2.22 bits per heavy atom. The minimum Gasteiger partial charge on any atom is -0.386 e.